The molecule has 1 N–H and O–H groups in total. The topological polar surface area (TPSA) is 75.7 Å². The number of carbonyl (C=O) groups is 1. The first-order valence-corrected chi connectivity index (χ1v) is 9.05. The molecule has 0 aliphatic heterocycles. The van der Waals surface area contributed by atoms with Crippen molar-refractivity contribution in [2.75, 3.05) is 31.3 Å². The van der Waals surface area contributed by atoms with Gasteiger partial charge in [-0.25, -0.2) is 8.42 Å². The highest BCUT2D eigenvalue weighted by Gasteiger charge is 2.21. The van der Waals surface area contributed by atoms with Crippen molar-refractivity contribution in [3.8, 4) is 5.75 Å². The SMILES string of the molecule is CCOc1ccccc1NC(=O)CN(CC(C)C)S(C)(=O)=O. The molecule has 0 fully saturated rings. The number of amides is 1. The van der Waals surface area contributed by atoms with Gasteiger partial charge < -0.3 is 10.1 Å². The Balaban J connectivity index is 2.80. The molecule has 124 valence electrons. The van der Waals surface area contributed by atoms with E-state index in [9.17, 15) is 13.2 Å². The molecule has 1 aromatic carbocycles. The van der Waals surface area contributed by atoms with Gasteiger partial charge in [0.1, 0.15) is 5.75 Å². The van der Waals surface area contributed by atoms with Crippen LogP contribution in [-0.2, 0) is 14.8 Å². The summed E-state index contributed by atoms with van der Waals surface area (Å²) in [5, 5.41) is 2.70. The lowest BCUT2D eigenvalue weighted by Crippen LogP contribution is -2.39. The summed E-state index contributed by atoms with van der Waals surface area (Å²) >= 11 is 0. The summed E-state index contributed by atoms with van der Waals surface area (Å²) in [5.41, 5.74) is 0.535. The average molecular weight is 328 g/mol. The summed E-state index contributed by atoms with van der Waals surface area (Å²) in [4.78, 5) is 12.1. The molecule has 0 atom stereocenters. The second-order valence-electron chi connectivity index (χ2n) is 5.43. The zero-order valence-corrected chi connectivity index (χ0v) is 14.3. The van der Waals surface area contributed by atoms with E-state index in [1.165, 1.54) is 4.31 Å². The summed E-state index contributed by atoms with van der Waals surface area (Å²) in [7, 11) is -3.43. The fraction of sp³-hybridized carbons (Fsp3) is 0.533. The van der Waals surface area contributed by atoms with Crippen molar-refractivity contribution < 1.29 is 17.9 Å². The van der Waals surface area contributed by atoms with E-state index in [4.69, 9.17) is 4.74 Å². The number of benzene rings is 1. The molecule has 0 aromatic heterocycles. The summed E-state index contributed by atoms with van der Waals surface area (Å²) in [5.74, 6) is 0.310. The number of rotatable bonds is 8. The Kier molecular flexibility index (Phi) is 6.83. The molecule has 0 aliphatic rings. The van der Waals surface area contributed by atoms with Crippen molar-refractivity contribution in [3.05, 3.63) is 24.3 Å². The maximum absolute atomic E-state index is 12.1. The number of nitrogens with zero attached hydrogens (tertiary/aromatic N) is 1. The van der Waals surface area contributed by atoms with Gasteiger partial charge >= 0.3 is 0 Å². The zero-order chi connectivity index (χ0) is 16.8. The van der Waals surface area contributed by atoms with Crippen LogP contribution in [0, 0.1) is 5.92 Å². The van der Waals surface area contributed by atoms with E-state index in [0.29, 0.717) is 24.6 Å². The lowest BCUT2D eigenvalue weighted by molar-refractivity contribution is -0.116. The van der Waals surface area contributed by atoms with Gasteiger partial charge in [0.05, 0.1) is 25.1 Å². The fourth-order valence-electron chi connectivity index (χ4n) is 1.93. The highest BCUT2D eigenvalue weighted by molar-refractivity contribution is 7.88. The maximum atomic E-state index is 12.1. The van der Waals surface area contributed by atoms with Gasteiger partial charge in [0.15, 0.2) is 0 Å². The Morgan fingerprint density at radius 1 is 1.32 bits per heavy atom. The standard InChI is InChI=1S/C15H24N2O4S/c1-5-21-14-9-7-6-8-13(14)16-15(18)11-17(10-12(2)3)22(4,19)20/h6-9,12H,5,10-11H2,1-4H3,(H,16,18). The molecule has 0 saturated carbocycles. The van der Waals surface area contributed by atoms with Gasteiger partial charge in [-0.3, -0.25) is 4.79 Å². The molecule has 0 saturated heterocycles. The van der Waals surface area contributed by atoms with Crippen LogP contribution in [0.5, 0.6) is 5.75 Å². The van der Waals surface area contributed by atoms with Crippen molar-refractivity contribution in [2.45, 2.75) is 20.8 Å². The number of hydrogen-bond acceptors (Lipinski definition) is 4. The summed E-state index contributed by atoms with van der Waals surface area (Å²) < 4.78 is 30.1. The van der Waals surface area contributed by atoms with E-state index in [1.54, 1.807) is 18.2 Å². The Morgan fingerprint density at radius 2 is 1.95 bits per heavy atom. The van der Waals surface area contributed by atoms with Gasteiger partial charge in [-0.05, 0) is 25.0 Å². The number of carbonyl (C=O) groups excluding carboxylic acids is 1. The van der Waals surface area contributed by atoms with Crippen molar-refractivity contribution in [3.63, 3.8) is 0 Å². The molecular formula is C15H24N2O4S. The first-order chi connectivity index (χ1) is 10.2. The van der Waals surface area contributed by atoms with Crippen molar-refractivity contribution in [1.29, 1.82) is 0 Å². The minimum atomic E-state index is -3.43. The van der Waals surface area contributed by atoms with Crippen LogP contribution >= 0.6 is 0 Å². The highest BCUT2D eigenvalue weighted by Crippen LogP contribution is 2.23. The van der Waals surface area contributed by atoms with Crippen LogP contribution < -0.4 is 10.1 Å². The lowest BCUT2D eigenvalue weighted by Gasteiger charge is -2.21. The molecule has 7 heteroatoms. The van der Waals surface area contributed by atoms with E-state index in [1.807, 2.05) is 26.8 Å². The van der Waals surface area contributed by atoms with E-state index < -0.39 is 15.9 Å². The molecule has 1 rings (SSSR count). The molecule has 0 radical (unpaired) electrons. The third kappa shape index (κ3) is 6.03. The van der Waals surface area contributed by atoms with Crippen LogP contribution in [0.15, 0.2) is 24.3 Å². The monoisotopic (exact) mass is 328 g/mol. The minimum Gasteiger partial charge on any atom is -0.492 e. The quantitative estimate of drug-likeness (QED) is 0.791. The van der Waals surface area contributed by atoms with Gasteiger partial charge in [0.2, 0.25) is 15.9 Å². The van der Waals surface area contributed by atoms with Crippen molar-refractivity contribution in [2.24, 2.45) is 5.92 Å². The fourth-order valence-corrected chi connectivity index (χ4v) is 2.85. The number of para-hydroxylation sites is 2. The van der Waals surface area contributed by atoms with Gasteiger partial charge in [0, 0.05) is 6.54 Å². The van der Waals surface area contributed by atoms with E-state index in [0.717, 1.165) is 6.26 Å². The molecule has 6 nitrogen and oxygen atoms in total. The van der Waals surface area contributed by atoms with E-state index >= 15 is 0 Å². The molecular weight excluding hydrogens is 304 g/mol. The van der Waals surface area contributed by atoms with Gasteiger partial charge in [0.25, 0.3) is 0 Å². The largest absolute Gasteiger partial charge is 0.492 e. The molecule has 0 heterocycles. The second-order valence-corrected chi connectivity index (χ2v) is 7.41. The molecule has 22 heavy (non-hydrogen) atoms. The molecule has 0 unspecified atom stereocenters. The maximum Gasteiger partial charge on any atom is 0.239 e. The second kappa shape index (κ2) is 8.14. The van der Waals surface area contributed by atoms with Crippen molar-refractivity contribution in [1.82, 2.24) is 4.31 Å². The normalized spacial score (nSPS) is 11.7. The van der Waals surface area contributed by atoms with E-state index in [-0.39, 0.29) is 12.5 Å². The highest BCUT2D eigenvalue weighted by atomic mass is 32.2. The number of sulfonamides is 1. The van der Waals surface area contributed by atoms with Crippen LogP contribution in [0.25, 0.3) is 0 Å². The minimum absolute atomic E-state index is 0.137. The third-order valence-electron chi connectivity index (χ3n) is 2.82. The van der Waals surface area contributed by atoms with Crippen LogP contribution in [0.2, 0.25) is 0 Å². The third-order valence-corrected chi connectivity index (χ3v) is 4.03. The molecule has 1 amide bonds. The summed E-state index contributed by atoms with van der Waals surface area (Å²) in [6.45, 7) is 6.24. The summed E-state index contributed by atoms with van der Waals surface area (Å²) in [6, 6.07) is 7.06. The van der Waals surface area contributed by atoms with Gasteiger partial charge in [-0.1, -0.05) is 26.0 Å². The average Bonchev–Trinajstić information content (AvgIpc) is 2.39. The van der Waals surface area contributed by atoms with E-state index in [2.05, 4.69) is 5.32 Å². The predicted molar refractivity (Wildman–Crippen MR) is 87.5 cm³/mol. The molecule has 0 spiro atoms. The first kappa shape index (κ1) is 18.4. The van der Waals surface area contributed by atoms with Gasteiger partial charge in [-0.2, -0.15) is 4.31 Å². The van der Waals surface area contributed by atoms with Gasteiger partial charge in [-0.15, -0.1) is 0 Å². The number of anilines is 1. The Labute approximate surface area is 132 Å². The summed E-state index contributed by atoms with van der Waals surface area (Å²) in [6.07, 6.45) is 1.11. The number of ether oxygens (including phenoxy) is 1. The van der Waals surface area contributed by atoms with Crippen LogP contribution in [0.1, 0.15) is 20.8 Å². The number of nitrogens with one attached hydrogen (secondary N) is 1. The van der Waals surface area contributed by atoms with Crippen molar-refractivity contribution >= 4 is 21.6 Å². The zero-order valence-electron chi connectivity index (χ0n) is 13.5. The Bertz CT molecular complexity index is 599. The first-order valence-electron chi connectivity index (χ1n) is 7.20. The van der Waals surface area contributed by atoms with Crippen LogP contribution in [0.3, 0.4) is 0 Å². The lowest BCUT2D eigenvalue weighted by atomic mass is 10.2. The smallest absolute Gasteiger partial charge is 0.239 e. The molecule has 0 aliphatic carbocycles. The predicted octanol–water partition coefficient (Wildman–Crippen LogP) is 1.94. The molecule has 1 aromatic rings. The number of hydrogen-bond donors (Lipinski definition) is 1. The van der Waals surface area contributed by atoms with Crippen LogP contribution in [0.4, 0.5) is 5.69 Å². The Hall–Kier alpha value is -1.60. The molecule has 0 bridgehead atoms. The Morgan fingerprint density at radius 3 is 2.50 bits per heavy atom. The van der Waals surface area contributed by atoms with Crippen LogP contribution in [-0.4, -0.2) is 44.6 Å².